The van der Waals surface area contributed by atoms with E-state index in [9.17, 15) is 13.6 Å². The Morgan fingerprint density at radius 1 is 1.19 bits per heavy atom. The van der Waals surface area contributed by atoms with Gasteiger partial charge in [-0.15, -0.1) is 11.3 Å². The van der Waals surface area contributed by atoms with Gasteiger partial charge in [-0.1, -0.05) is 23.9 Å². The minimum absolute atomic E-state index is 0.0604. The molecule has 0 aliphatic carbocycles. The molecule has 0 saturated carbocycles. The van der Waals surface area contributed by atoms with E-state index >= 15 is 0 Å². The highest BCUT2D eigenvalue weighted by atomic mass is 32.2. The van der Waals surface area contributed by atoms with E-state index < -0.39 is 6.61 Å². The molecule has 0 aliphatic rings. The summed E-state index contributed by atoms with van der Waals surface area (Å²) in [7, 11) is 0. The Balaban J connectivity index is 1.39. The molecule has 1 heterocycles. The molecule has 2 aromatic carbocycles. The van der Waals surface area contributed by atoms with Crippen LogP contribution < -0.4 is 10.1 Å². The quantitative estimate of drug-likeness (QED) is 0.410. The number of para-hydroxylation sites is 1. The molecule has 0 bridgehead atoms. The number of halogens is 2. The van der Waals surface area contributed by atoms with Crippen LogP contribution in [0.5, 0.6) is 5.75 Å². The molecule has 0 atom stereocenters. The van der Waals surface area contributed by atoms with Crippen molar-refractivity contribution in [3.05, 3.63) is 48.5 Å². The fourth-order valence-electron chi connectivity index (χ4n) is 2.25. The first-order valence-electron chi connectivity index (χ1n) is 7.93. The van der Waals surface area contributed by atoms with E-state index in [2.05, 4.69) is 15.0 Å². The second-order valence-electron chi connectivity index (χ2n) is 5.35. The maximum absolute atomic E-state index is 12.1. The van der Waals surface area contributed by atoms with Gasteiger partial charge in [-0.05, 0) is 42.8 Å². The standard InChI is InChI=1S/C18H16F2N2O2S2/c19-17(20)24-13-9-7-12(8-10-13)21-16(23)6-3-11-25-18-22-14-4-1-2-5-15(14)26-18/h1-2,4-5,7-10,17H,3,6,11H2,(H,21,23). The lowest BCUT2D eigenvalue weighted by molar-refractivity contribution is -0.116. The number of thioether (sulfide) groups is 1. The summed E-state index contributed by atoms with van der Waals surface area (Å²) in [6, 6.07) is 13.8. The van der Waals surface area contributed by atoms with E-state index in [-0.39, 0.29) is 11.7 Å². The van der Waals surface area contributed by atoms with Crippen LogP contribution in [0.15, 0.2) is 52.9 Å². The number of anilines is 1. The minimum Gasteiger partial charge on any atom is -0.435 e. The molecule has 4 nitrogen and oxygen atoms in total. The van der Waals surface area contributed by atoms with Crippen LogP contribution >= 0.6 is 23.1 Å². The summed E-state index contributed by atoms with van der Waals surface area (Å²) in [5, 5.41) is 2.74. The predicted octanol–water partition coefficient (Wildman–Crippen LogP) is 5.41. The van der Waals surface area contributed by atoms with Crippen molar-refractivity contribution in [3.8, 4) is 5.75 Å². The van der Waals surface area contributed by atoms with Gasteiger partial charge in [0.25, 0.3) is 0 Å². The predicted molar refractivity (Wildman–Crippen MR) is 101 cm³/mol. The van der Waals surface area contributed by atoms with Crippen LogP contribution in [0.4, 0.5) is 14.5 Å². The summed E-state index contributed by atoms with van der Waals surface area (Å²) in [5.41, 5.74) is 1.55. The van der Waals surface area contributed by atoms with Crippen LogP contribution in [0.25, 0.3) is 10.2 Å². The molecule has 0 aliphatic heterocycles. The third kappa shape index (κ3) is 5.40. The number of rotatable bonds is 8. The topological polar surface area (TPSA) is 51.2 Å². The van der Waals surface area contributed by atoms with Gasteiger partial charge in [0.2, 0.25) is 5.91 Å². The van der Waals surface area contributed by atoms with Crippen molar-refractivity contribution in [1.82, 2.24) is 4.98 Å². The Morgan fingerprint density at radius 2 is 1.96 bits per heavy atom. The Hall–Kier alpha value is -2.19. The zero-order chi connectivity index (χ0) is 18.4. The molecular weight excluding hydrogens is 378 g/mol. The summed E-state index contributed by atoms with van der Waals surface area (Å²) >= 11 is 3.29. The van der Waals surface area contributed by atoms with Crippen molar-refractivity contribution < 1.29 is 18.3 Å². The molecule has 0 fully saturated rings. The molecule has 1 N–H and O–H groups in total. The van der Waals surface area contributed by atoms with Gasteiger partial charge in [0.05, 0.1) is 10.2 Å². The van der Waals surface area contributed by atoms with Crippen LogP contribution in [0.3, 0.4) is 0 Å². The van der Waals surface area contributed by atoms with Crippen LogP contribution in [0, 0.1) is 0 Å². The maximum Gasteiger partial charge on any atom is 0.387 e. The normalized spacial score (nSPS) is 11.0. The molecule has 0 spiro atoms. The summed E-state index contributed by atoms with van der Waals surface area (Å²) in [5.74, 6) is 0.747. The number of ether oxygens (including phenoxy) is 1. The van der Waals surface area contributed by atoms with Gasteiger partial charge in [-0.2, -0.15) is 8.78 Å². The van der Waals surface area contributed by atoms with E-state index in [0.29, 0.717) is 12.1 Å². The maximum atomic E-state index is 12.1. The highest BCUT2D eigenvalue weighted by Crippen LogP contribution is 2.29. The molecule has 1 aromatic heterocycles. The highest BCUT2D eigenvalue weighted by molar-refractivity contribution is 8.01. The van der Waals surface area contributed by atoms with Crippen molar-refractivity contribution in [2.24, 2.45) is 0 Å². The zero-order valence-corrected chi connectivity index (χ0v) is 15.3. The van der Waals surface area contributed by atoms with Crippen molar-refractivity contribution in [1.29, 1.82) is 0 Å². The molecule has 1 amide bonds. The van der Waals surface area contributed by atoms with E-state index in [1.54, 1.807) is 23.1 Å². The van der Waals surface area contributed by atoms with E-state index in [1.807, 2.05) is 24.3 Å². The van der Waals surface area contributed by atoms with Gasteiger partial charge in [0, 0.05) is 17.9 Å². The minimum atomic E-state index is -2.86. The van der Waals surface area contributed by atoms with Crippen LogP contribution in [0.1, 0.15) is 12.8 Å². The van der Waals surface area contributed by atoms with Gasteiger partial charge in [0.1, 0.15) is 5.75 Å². The van der Waals surface area contributed by atoms with Gasteiger partial charge >= 0.3 is 6.61 Å². The number of benzene rings is 2. The molecule has 3 aromatic rings. The number of aromatic nitrogens is 1. The number of fused-ring (bicyclic) bond motifs is 1. The van der Waals surface area contributed by atoms with Crippen molar-refractivity contribution in [3.63, 3.8) is 0 Å². The van der Waals surface area contributed by atoms with Gasteiger partial charge in [0.15, 0.2) is 4.34 Å². The number of alkyl halides is 2. The summed E-state index contributed by atoms with van der Waals surface area (Å²) in [6.07, 6.45) is 1.10. The number of nitrogens with one attached hydrogen (secondary N) is 1. The lowest BCUT2D eigenvalue weighted by Crippen LogP contribution is -2.11. The Morgan fingerprint density at radius 3 is 2.69 bits per heavy atom. The Kier molecular flexibility index (Phi) is 6.40. The summed E-state index contributed by atoms with van der Waals surface area (Å²) < 4.78 is 30.6. The molecule has 8 heteroatoms. The molecule has 0 radical (unpaired) electrons. The fourth-order valence-corrected chi connectivity index (χ4v) is 4.33. The first-order valence-corrected chi connectivity index (χ1v) is 9.73. The van der Waals surface area contributed by atoms with Crippen molar-refractivity contribution in [2.75, 3.05) is 11.1 Å². The zero-order valence-electron chi connectivity index (χ0n) is 13.7. The Labute approximate surface area is 157 Å². The number of nitrogens with zero attached hydrogens (tertiary/aromatic N) is 1. The number of carbonyl (C=O) groups is 1. The van der Waals surface area contributed by atoms with Gasteiger partial charge < -0.3 is 10.1 Å². The lowest BCUT2D eigenvalue weighted by Gasteiger charge is -2.07. The molecule has 0 unspecified atom stereocenters. The van der Waals surface area contributed by atoms with E-state index in [4.69, 9.17) is 0 Å². The number of thiazole rings is 1. The van der Waals surface area contributed by atoms with E-state index in [0.717, 1.165) is 26.7 Å². The highest BCUT2D eigenvalue weighted by Gasteiger charge is 2.07. The van der Waals surface area contributed by atoms with Crippen molar-refractivity contribution >= 4 is 44.9 Å². The fraction of sp³-hybridized carbons (Fsp3) is 0.222. The molecule has 3 rings (SSSR count). The smallest absolute Gasteiger partial charge is 0.387 e. The molecule has 0 saturated heterocycles. The second-order valence-corrected chi connectivity index (χ2v) is 7.72. The third-order valence-corrected chi connectivity index (χ3v) is 5.68. The third-order valence-electron chi connectivity index (χ3n) is 3.41. The van der Waals surface area contributed by atoms with Gasteiger partial charge in [-0.25, -0.2) is 4.98 Å². The molecule has 26 heavy (non-hydrogen) atoms. The monoisotopic (exact) mass is 394 g/mol. The number of amides is 1. The Bertz CT molecular complexity index is 836. The van der Waals surface area contributed by atoms with Crippen LogP contribution in [-0.2, 0) is 4.79 Å². The second kappa shape index (κ2) is 8.95. The van der Waals surface area contributed by atoms with Crippen LogP contribution in [0.2, 0.25) is 0 Å². The van der Waals surface area contributed by atoms with Crippen molar-refractivity contribution in [2.45, 2.75) is 23.8 Å². The molecular formula is C18H16F2N2O2S2. The SMILES string of the molecule is O=C(CCCSc1nc2ccccc2s1)Nc1ccc(OC(F)F)cc1. The average molecular weight is 394 g/mol. The molecule has 136 valence electrons. The largest absolute Gasteiger partial charge is 0.435 e. The number of carbonyl (C=O) groups excluding carboxylic acids is 1. The lowest BCUT2D eigenvalue weighted by atomic mass is 10.2. The van der Waals surface area contributed by atoms with Crippen LogP contribution in [-0.4, -0.2) is 23.3 Å². The summed E-state index contributed by atoms with van der Waals surface area (Å²) in [6.45, 7) is -2.86. The number of hydrogen-bond acceptors (Lipinski definition) is 5. The average Bonchev–Trinajstić information content (AvgIpc) is 3.03. The van der Waals surface area contributed by atoms with Gasteiger partial charge in [-0.3, -0.25) is 4.79 Å². The first kappa shape index (κ1) is 18.6. The number of hydrogen-bond donors (Lipinski definition) is 1. The summed E-state index contributed by atoms with van der Waals surface area (Å²) in [4.78, 5) is 16.5. The van der Waals surface area contributed by atoms with E-state index in [1.165, 1.54) is 24.3 Å². The first-order chi connectivity index (χ1) is 12.6.